The van der Waals surface area contributed by atoms with Gasteiger partial charge in [-0.1, -0.05) is 30.3 Å². The number of anilines is 3. The quantitative estimate of drug-likeness (QED) is 0.430. The highest BCUT2D eigenvalue weighted by Crippen LogP contribution is 2.21. The Labute approximate surface area is 178 Å². The second kappa shape index (κ2) is 10.1. The predicted molar refractivity (Wildman–Crippen MR) is 120 cm³/mol. The Balaban J connectivity index is 1.49. The monoisotopic (exact) mass is 420 g/mol. The van der Waals surface area contributed by atoms with E-state index in [2.05, 4.69) is 16.0 Å². The van der Waals surface area contributed by atoms with Crippen LogP contribution < -0.4 is 21.7 Å². The molecule has 0 heterocycles. The number of nitrogens with one attached hydrogen (secondary N) is 3. The molecule has 0 saturated heterocycles. The molecule has 5 N–H and O–H groups in total. The van der Waals surface area contributed by atoms with Crippen molar-refractivity contribution in [1.82, 2.24) is 0 Å². The van der Waals surface area contributed by atoms with Gasteiger partial charge >= 0.3 is 6.03 Å². The fraction of sp³-hybridized carbons (Fsp3) is 0.0455. The van der Waals surface area contributed by atoms with E-state index in [0.29, 0.717) is 17.1 Å². The van der Waals surface area contributed by atoms with Gasteiger partial charge in [0.1, 0.15) is 0 Å². The zero-order valence-electron chi connectivity index (χ0n) is 15.9. The molecule has 30 heavy (non-hydrogen) atoms. The summed E-state index contributed by atoms with van der Waals surface area (Å²) in [5.74, 6) is -0.690. The summed E-state index contributed by atoms with van der Waals surface area (Å²) < 4.78 is 0. The van der Waals surface area contributed by atoms with Gasteiger partial charge < -0.3 is 21.7 Å². The van der Waals surface area contributed by atoms with E-state index < -0.39 is 5.91 Å². The Morgan fingerprint density at radius 2 is 1.33 bits per heavy atom. The largest absolute Gasteiger partial charge is 0.366 e. The number of amides is 4. The summed E-state index contributed by atoms with van der Waals surface area (Å²) in [6.07, 6.45) is 0. The van der Waals surface area contributed by atoms with Crippen molar-refractivity contribution in [1.29, 1.82) is 0 Å². The minimum Gasteiger partial charge on any atom is -0.366 e. The van der Waals surface area contributed by atoms with E-state index in [4.69, 9.17) is 5.73 Å². The highest BCUT2D eigenvalue weighted by Gasteiger charge is 2.10. The summed E-state index contributed by atoms with van der Waals surface area (Å²) in [6.45, 7) is 0. The van der Waals surface area contributed by atoms with Crippen LogP contribution in [0.4, 0.5) is 21.9 Å². The van der Waals surface area contributed by atoms with Crippen molar-refractivity contribution in [2.24, 2.45) is 5.73 Å². The summed E-state index contributed by atoms with van der Waals surface area (Å²) in [7, 11) is 0. The maximum absolute atomic E-state index is 12.2. The maximum atomic E-state index is 12.2. The lowest BCUT2D eigenvalue weighted by atomic mass is 10.1. The van der Waals surface area contributed by atoms with E-state index in [1.807, 2.05) is 30.3 Å². The van der Waals surface area contributed by atoms with Crippen molar-refractivity contribution in [3.05, 3.63) is 84.4 Å². The van der Waals surface area contributed by atoms with Crippen molar-refractivity contribution in [2.75, 3.05) is 21.7 Å². The number of carbonyl (C=O) groups is 3. The minimum atomic E-state index is -0.599. The molecule has 0 atom stereocenters. The van der Waals surface area contributed by atoms with Gasteiger partial charge in [0.15, 0.2) is 0 Å². The van der Waals surface area contributed by atoms with Gasteiger partial charge in [-0.3, -0.25) is 9.59 Å². The molecule has 0 fully saturated rings. The summed E-state index contributed by atoms with van der Waals surface area (Å²) in [4.78, 5) is 36.5. The highest BCUT2D eigenvalue weighted by atomic mass is 32.2. The van der Waals surface area contributed by atoms with E-state index in [9.17, 15) is 14.4 Å². The van der Waals surface area contributed by atoms with Gasteiger partial charge in [0.2, 0.25) is 5.91 Å². The van der Waals surface area contributed by atoms with Gasteiger partial charge in [-0.05, 0) is 48.5 Å². The molecule has 8 heteroatoms. The van der Waals surface area contributed by atoms with Gasteiger partial charge in [-0.25, -0.2) is 4.79 Å². The van der Waals surface area contributed by atoms with Crippen LogP contribution in [-0.2, 0) is 4.79 Å². The van der Waals surface area contributed by atoms with Crippen LogP contribution in [0, 0.1) is 0 Å². The van der Waals surface area contributed by atoms with E-state index in [1.54, 1.807) is 48.5 Å². The molecule has 0 radical (unpaired) electrons. The van der Waals surface area contributed by atoms with E-state index in [-0.39, 0.29) is 23.3 Å². The van der Waals surface area contributed by atoms with Crippen LogP contribution in [0.3, 0.4) is 0 Å². The lowest BCUT2D eigenvalue weighted by Crippen LogP contribution is -2.19. The van der Waals surface area contributed by atoms with Gasteiger partial charge in [0, 0.05) is 16.3 Å². The Kier molecular flexibility index (Phi) is 7.07. The van der Waals surface area contributed by atoms with Crippen molar-refractivity contribution in [2.45, 2.75) is 4.90 Å². The lowest BCUT2D eigenvalue weighted by molar-refractivity contribution is -0.113. The molecule has 4 amide bonds. The standard InChI is InChI=1S/C22H20N4O3S/c23-21(28)18-8-4-5-9-19(18)26-20(27)14-30-17-12-10-16(11-13-17)25-22(29)24-15-6-2-1-3-7-15/h1-13H,14H2,(H2,23,28)(H,26,27)(H2,24,25,29). The number of benzene rings is 3. The number of nitrogens with two attached hydrogens (primary N) is 1. The van der Waals surface area contributed by atoms with Crippen molar-refractivity contribution >= 4 is 46.7 Å². The van der Waals surface area contributed by atoms with Crippen LogP contribution in [0.1, 0.15) is 10.4 Å². The first-order valence-corrected chi connectivity index (χ1v) is 10.0. The normalized spacial score (nSPS) is 10.1. The van der Waals surface area contributed by atoms with Crippen LogP contribution in [0.25, 0.3) is 0 Å². The Morgan fingerprint density at radius 3 is 2.00 bits per heavy atom. The summed E-state index contributed by atoms with van der Waals surface area (Å²) >= 11 is 1.34. The van der Waals surface area contributed by atoms with E-state index in [0.717, 1.165) is 4.90 Å². The van der Waals surface area contributed by atoms with Crippen molar-refractivity contribution < 1.29 is 14.4 Å². The van der Waals surface area contributed by atoms with Crippen molar-refractivity contribution in [3.63, 3.8) is 0 Å². The number of para-hydroxylation sites is 2. The van der Waals surface area contributed by atoms with Crippen LogP contribution in [-0.4, -0.2) is 23.6 Å². The number of urea groups is 1. The highest BCUT2D eigenvalue weighted by molar-refractivity contribution is 8.00. The Morgan fingerprint density at radius 1 is 0.733 bits per heavy atom. The number of hydrogen-bond donors (Lipinski definition) is 4. The molecule has 0 bridgehead atoms. The SMILES string of the molecule is NC(=O)c1ccccc1NC(=O)CSc1ccc(NC(=O)Nc2ccccc2)cc1. The second-order valence-corrected chi connectivity index (χ2v) is 7.26. The second-order valence-electron chi connectivity index (χ2n) is 6.22. The number of rotatable bonds is 7. The third-order valence-corrected chi connectivity index (χ3v) is 4.99. The van der Waals surface area contributed by atoms with Crippen LogP contribution >= 0.6 is 11.8 Å². The summed E-state index contributed by atoms with van der Waals surface area (Å²) in [6, 6.07) is 22.5. The van der Waals surface area contributed by atoms with Crippen LogP contribution in [0.5, 0.6) is 0 Å². The first-order chi connectivity index (χ1) is 14.5. The summed E-state index contributed by atoms with van der Waals surface area (Å²) in [5, 5.41) is 8.19. The zero-order valence-corrected chi connectivity index (χ0v) is 16.7. The summed E-state index contributed by atoms with van der Waals surface area (Å²) in [5.41, 5.74) is 7.30. The lowest BCUT2D eigenvalue weighted by Gasteiger charge is -2.09. The fourth-order valence-corrected chi connectivity index (χ4v) is 3.29. The minimum absolute atomic E-state index is 0.161. The number of hydrogen-bond acceptors (Lipinski definition) is 4. The smallest absolute Gasteiger partial charge is 0.323 e. The molecule has 0 aromatic heterocycles. The molecular weight excluding hydrogens is 400 g/mol. The van der Waals surface area contributed by atoms with Gasteiger partial charge in [0.25, 0.3) is 5.91 Å². The molecule has 0 spiro atoms. The molecule has 3 aromatic carbocycles. The number of primary amides is 1. The van der Waals surface area contributed by atoms with Crippen LogP contribution in [0.15, 0.2) is 83.8 Å². The third kappa shape index (κ3) is 6.11. The van der Waals surface area contributed by atoms with Gasteiger partial charge in [-0.2, -0.15) is 0 Å². The topological polar surface area (TPSA) is 113 Å². The molecule has 152 valence electrons. The average Bonchev–Trinajstić information content (AvgIpc) is 2.74. The van der Waals surface area contributed by atoms with Gasteiger partial charge in [-0.15, -0.1) is 11.8 Å². The number of carbonyl (C=O) groups excluding carboxylic acids is 3. The Hall–Kier alpha value is -3.78. The molecule has 0 aliphatic carbocycles. The predicted octanol–water partition coefficient (Wildman–Crippen LogP) is 4.16. The molecule has 3 rings (SSSR count). The molecule has 7 nitrogen and oxygen atoms in total. The van der Waals surface area contributed by atoms with E-state index in [1.165, 1.54) is 11.8 Å². The molecule has 0 unspecified atom stereocenters. The molecule has 0 aliphatic heterocycles. The first-order valence-electron chi connectivity index (χ1n) is 9.06. The first kappa shape index (κ1) is 20.9. The number of thioether (sulfide) groups is 1. The third-order valence-electron chi connectivity index (χ3n) is 3.98. The van der Waals surface area contributed by atoms with E-state index >= 15 is 0 Å². The molecule has 0 saturated carbocycles. The molecule has 3 aromatic rings. The maximum Gasteiger partial charge on any atom is 0.323 e. The molecular formula is C22H20N4O3S. The van der Waals surface area contributed by atoms with Crippen molar-refractivity contribution in [3.8, 4) is 0 Å². The zero-order chi connectivity index (χ0) is 21.3. The average molecular weight is 420 g/mol. The fourth-order valence-electron chi connectivity index (χ4n) is 2.59. The van der Waals surface area contributed by atoms with Gasteiger partial charge in [0.05, 0.1) is 17.0 Å². The molecule has 0 aliphatic rings. The Bertz CT molecular complexity index is 1040. The van der Waals surface area contributed by atoms with Crippen LogP contribution in [0.2, 0.25) is 0 Å².